The smallest absolute Gasteiger partial charge is 0.264 e. The lowest BCUT2D eigenvalue weighted by Gasteiger charge is -2.32. The Balaban J connectivity index is 2.06. The molecule has 0 heterocycles. The average Bonchev–Trinajstić information content (AvgIpc) is 2.90. The first kappa shape index (κ1) is 29.8. The standard InChI is InChI=1S/C30H36FN3O4S/c1-6-23(4)32-30(36)24(5)33(19-25-12-10-11-15-28(25)31)29(35)20-34(26-17-21(2)16-22(3)18-26)39(37,38)27-13-8-7-9-14-27/h7-18,23-24H,6,19-20H2,1-5H3,(H,32,36)/t23-,24-/m1/s1. The molecule has 3 aromatic carbocycles. The first-order valence-electron chi connectivity index (χ1n) is 12.9. The van der Waals surface area contributed by atoms with Crippen LogP contribution in [0.25, 0.3) is 0 Å². The lowest BCUT2D eigenvalue weighted by Crippen LogP contribution is -2.52. The molecule has 9 heteroatoms. The minimum Gasteiger partial charge on any atom is -0.352 e. The highest BCUT2D eigenvalue weighted by atomic mass is 32.2. The summed E-state index contributed by atoms with van der Waals surface area (Å²) in [6.07, 6.45) is 0.690. The van der Waals surface area contributed by atoms with Crippen LogP contribution in [0, 0.1) is 19.7 Å². The summed E-state index contributed by atoms with van der Waals surface area (Å²) in [5.74, 6) is -1.56. The van der Waals surface area contributed by atoms with Crippen molar-refractivity contribution in [2.24, 2.45) is 0 Å². The van der Waals surface area contributed by atoms with Gasteiger partial charge < -0.3 is 10.2 Å². The number of rotatable bonds is 11. The molecule has 208 valence electrons. The van der Waals surface area contributed by atoms with Crippen LogP contribution in [0.5, 0.6) is 0 Å². The first-order chi connectivity index (χ1) is 18.4. The third kappa shape index (κ3) is 7.44. The number of amides is 2. The van der Waals surface area contributed by atoms with Crippen molar-refractivity contribution >= 4 is 27.5 Å². The van der Waals surface area contributed by atoms with E-state index in [0.717, 1.165) is 15.4 Å². The summed E-state index contributed by atoms with van der Waals surface area (Å²) < 4.78 is 43.3. The summed E-state index contributed by atoms with van der Waals surface area (Å²) in [4.78, 5) is 28.2. The van der Waals surface area contributed by atoms with E-state index in [-0.39, 0.29) is 23.0 Å². The van der Waals surface area contributed by atoms with Crippen molar-refractivity contribution in [3.63, 3.8) is 0 Å². The fraction of sp³-hybridized carbons (Fsp3) is 0.333. The molecule has 0 saturated heterocycles. The van der Waals surface area contributed by atoms with Gasteiger partial charge in [-0.05, 0) is 75.6 Å². The van der Waals surface area contributed by atoms with Crippen molar-refractivity contribution in [2.75, 3.05) is 10.8 Å². The number of halogens is 1. The zero-order valence-electron chi connectivity index (χ0n) is 23.0. The van der Waals surface area contributed by atoms with Crippen molar-refractivity contribution < 1.29 is 22.4 Å². The summed E-state index contributed by atoms with van der Waals surface area (Å²) in [5, 5.41) is 2.86. The summed E-state index contributed by atoms with van der Waals surface area (Å²) in [7, 11) is -4.15. The number of hydrogen-bond donors (Lipinski definition) is 1. The topological polar surface area (TPSA) is 86.8 Å². The van der Waals surface area contributed by atoms with Crippen LogP contribution in [0.4, 0.5) is 10.1 Å². The molecule has 0 fully saturated rings. The van der Waals surface area contributed by atoms with Gasteiger partial charge in [-0.25, -0.2) is 12.8 Å². The lowest BCUT2D eigenvalue weighted by molar-refractivity contribution is -0.139. The molecule has 0 aliphatic carbocycles. The van der Waals surface area contributed by atoms with Crippen LogP contribution >= 0.6 is 0 Å². The van der Waals surface area contributed by atoms with Gasteiger partial charge in [0.15, 0.2) is 0 Å². The van der Waals surface area contributed by atoms with Crippen LogP contribution in [-0.2, 0) is 26.2 Å². The van der Waals surface area contributed by atoms with Gasteiger partial charge in [-0.3, -0.25) is 13.9 Å². The van der Waals surface area contributed by atoms with Gasteiger partial charge in [0.2, 0.25) is 11.8 Å². The Morgan fingerprint density at radius 1 is 0.923 bits per heavy atom. The predicted octanol–water partition coefficient (Wildman–Crippen LogP) is 4.97. The summed E-state index contributed by atoms with van der Waals surface area (Å²) in [6, 6.07) is 18.1. The van der Waals surface area contributed by atoms with Crippen LogP contribution in [0.3, 0.4) is 0 Å². The third-order valence-corrected chi connectivity index (χ3v) is 8.36. The number of nitrogens with zero attached hydrogens (tertiary/aromatic N) is 2. The second kappa shape index (κ2) is 12.9. The van der Waals surface area contributed by atoms with E-state index in [1.165, 1.54) is 35.2 Å². The quantitative estimate of drug-likeness (QED) is 0.363. The highest BCUT2D eigenvalue weighted by Gasteiger charge is 2.33. The van der Waals surface area contributed by atoms with Gasteiger partial charge in [0.25, 0.3) is 10.0 Å². The predicted molar refractivity (Wildman–Crippen MR) is 151 cm³/mol. The van der Waals surface area contributed by atoms with Crippen LogP contribution < -0.4 is 9.62 Å². The van der Waals surface area contributed by atoms with E-state index in [2.05, 4.69) is 5.32 Å². The molecule has 0 saturated carbocycles. The minimum atomic E-state index is -4.15. The second-order valence-corrected chi connectivity index (χ2v) is 11.6. The summed E-state index contributed by atoms with van der Waals surface area (Å²) in [6.45, 7) is 8.25. The molecule has 39 heavy (non-hydrogen) atoms. The van der Waals surface area contributed by atoms with Crippen molar-refractivity contribution in [2.45, 2.75) is 64.6 Å². The fourth-order valence-electron chi connectivity index (χ4n) is 4.20. The molecule has 2 amide bonds. The van der Waals surface area contributed by atoms with E-state index in [1.807, 2.05) is 33.8 Å². The Labute approximate surface area is 230 Å². The van der Waals surface area contributed by atoms with Gasteiger partial charge in [0, 0.05) is 18.2 Å². The van der Waals surface area contributed by atoms with Crippen molar-refractivity contribution in [3.05, 3.63) is 95.3 Å². The van der Waals surface area contributed by atoms with Gasteiger partial charge in [-0.1, -0.05) is 49.4 Å². The maximum Gasteiger partial charge on any atom is 0.264 e. The molecule has 0 unspecified atom stereocenters. The van der Waals surface area contributed by atoms with Gasteiger partial charge >= 0.3 is 0 Å². The number of sulfonamides is 1. The molecule has 0 aromatic heterocycles. The Hall–Kier alpha value is -3.72. The lowest BCUT2D eigenvalue weighted by atomic mass is 10.1. The zero-order valence-corrected chi connectivity index (χ0v) is 23.8. The van der Waals surface area contributed by atoms with E-state index in [9.17, 15) is 22.4 Å². The summed E-state index contributed by atoms with van der Waals surface area (Å²) >= 11 is 0. The van der Waals surface area contributed by atoms with E-state index >= 15 is 0 Å². The van der Waals surface area contributed by atoms with E-state index < -0.39 is 40.2 Å². The molecule has 3 rings (SSSR count). The normalized spacial score (nSPS) is 12.9. The molecule has 0 radical (unpaired) electrons. The van der Waals surface area contributed by atoms with E-state index in [4.69, 9.17) is 0 Å². The van der Waals surface area contributed by atoms with Gasteiger partial charge in [0.1, 0.15) is 18.4 Å². The number of carbonyl (C=O) groups excluding carboxylic acids is 2. The number of hydrogen-bond acceptors (Lipinski definition) is 4. The Morgan fingerprint density at radius 2 is 1.51 bits per heavy atom. The molecule has 0 aliphatic rings. The Morgan fingerprint density at radius 3 is 2.10 bits per heavy atom. The number of anilines is 1. The van der Waals surface area contributed by atoms with Crippen LogP contribution in [0.1, 0.15) is 43.9 Å². The van der Waals surface area contributed by atoms with Crippen molar-refractivity contribution in [1.29, 1.82) is 0 Å². The average molecular weight is 554 g/mol. The molecular weight excluding hydrogens is 517 g/mol. The highest BCUT2D eigenvalue weighted by Crippen LogP contribution is 2.26. The SMILES string of the molecule is CC[C@@H](C)NC(=O)[C@@H](C)N(Cc1ccccc1F)C(=O)CN(c1cc(C)cc(C)c1)S(=O)(=O)c1ccccc1. The Kier molecular flexibility index (Phi) is 9.86. The van der Waals surface area contributed by atoms with Gasteiger partial charge in [-0.2, -0.15) is 0 Å². The van der Waals surface area contributed by atoms with Gasteiger partial charge in [0.05, 0.1) is 10.6 Å². The van der Waals surface area contributed by atoms with Crippen LogP contribution in [0.2, 0.25) is 0 Å². The maximum absolute atomic E-state index is 14.6. The maximum atomic E-state index is 14.6. The van der Waals surface area contributed by atoms with Crippen LogP contribution in [-0.4, -0.2) is 43.8 Å². The number of aryl methyl sites for hydroxylation is 2. The highest BCUT2D eigenvalue weighted by molar-refractivity contribution is 7.92. The number of carbonyl (C=O) groups is 2. The molecular formula is C30H36FN3O4S. The molecule has 0 aliphatic heterocycles. The van der Waals surface area contributed by atoms with E-state index in [1.54, 1.807) is 43.3 Å². The van der Waals surface area contributed by atoms with Crippen molar-refractivity contribution in [1.82, 2.24) is 10.2 Å². The number of benzene rings is 3. The minimum absolute atomic E-state index is 0.0279. The fourth-order valence-corrected chi connectivity index (χ4v) is 5.62. The third-order valence-electron chi connectivity index (χ3n) is 6.57. The molecule has 2 atom stereocenters. The second-order valence-electron chi connectivity index (χ2n) is 9.78. The monoisotopic (exact) mass is 553 g/mol. The molecule has 7 nitrogen and oxygen atoms in total. The number of nitrogens with one attached hydrogen (secondary N) is 1. The Bertz CT molecular complexity index is 1390. The van der Waals surface area contributed by atoms with Crippen LogP contribution in [0.15, 0.2) is 77.7 Å². The van der Waals surface area contributed by atoms with Gasteiger partial charge in [-0.15, -0.1) is 0 Å². The van der Waals surface area contributed by atoms with Crippen molar-refractivity contribution in [3.8, 4) is 0 Å². The first-order valence-corrected chi connectivity index (χ1v) is 14.4. The van der Waals surface area contributed by atoms with E-state index in [0.29, 0.717) is 12.1 Å². The zero-order chi connectivity index (χ0) is 28.7. The molecule has 0 bridgehead atoms. The molecule has 1 N–H and O–H groups in total. The largest absolute Gasteiger partial charge is 0.352 e. The molecule has 0 spiro atoms. The molecule has 3 aromatic rings. The summed E-state index contributed by atoms with van der Waals surface area (Å²) in [5.41, 5.74) is 2.20.